The van der Waals surface area contributed by atoms with E-state index in [-0.39, 0.29) is 36.0 Å². The highest BCUT2D eigenvalue weighted by Crippen LogP contribution is 2.31. The minimum atomic E-state index is 0. The lowest BCUT2D eigenvalue weighted by molar-refractivity contribution is 0.127. The fourth-order valence-electron chi connectivity index (χ4n) is 3.09. The summed E-state index contributed by atoms with van der Waals surface area (Å²) in [6.07, 6.45) is 2.62. The molecule has 1 atom stereocenters. The molecule has 1 aromatic rings. The van der Waals surface area contributed by atoms with Gasteiger partial charge in [-0.2, -0.15) is 0 Å². The van der Waals surface area contributed by atoms with E-state index in [0.717, 1.165) is 50.7 Å². The van der Waals surface area contributed by atoms with Gasteiger partial charge in [0, 0.05) is 38.8 Å². The van der Waals surface area contributed by atoms with Gasteiger partial charge in [-0.1, -0.05) is 12.1 Å². The Bertz CT molecular complexity index is 549. The van der Waals surface area contributed by atoms with Gasteiger partial charge in [0.25, 0.3) is 0 Å². The Morgan fingerprint density at radius 2 is 2.23 bits per heavy atom. The van der Waals surface area contributed by atoms with Crippen molar-refractivity contribution in [1.82, 2.24) is 10.6 Å². The van der Waals surface area contributed by atoms with E-state index in [1.54, 1.807) is 7.05 Å². The minimum Gasteiger partial charge on any atom is -0.494 e. The largest absolute Gasteiger partial charge is 0.494 e. The average Bonchev–Trinajstić information content (AvgIpc) is 3.08. The zero-order valence-electron chi connectivity index (χ0n) is 15.8. The van der Waals surface area contributed by atoms with Crippen molar-refractivity contribution in [1.29, 1.82) is 0 Å². The summed E-state index contributed by atoms with van der Waals surface area (Å²) in [6, 6.07) is 8.18. The second kappa shape index (κ2) is 12.3. The Morgan fingerprint density at radius 1 is 1.38 bits per heavy atom. The SMILES string of the molecule is CCOc1cccc(CCNC(=NC)NCC2(CCO)CCOC2)c1.I. The molecule has 1 aliphatic heterocycles. The highest BCUT2D eigenvalue weighted by Gasteiger charge is 2.34. The van der Waals surface area contributed by atoms with Gasteiger partial charge < -0.3 is 25.2 Å². The molecule has 1 fully saturated rings. The summed E-state index contributed by atoms with van der Waals surface area (Å²) in [4.78, 5) is 4.28. The molecule has 0 saturated carbocycles. The molecule has 2 rings (SSSR count). The normalized spacial score (nSPS) is 19.7. The maximum atomic E-state index is 9.30. The molecule has 0 amide bonds. The number of rotatable bonds is 9. The average molecular weight is 477 g/mol. The fourth-order valence-corrected chi connectivity index (χ4v) is 3.09. The molecule has 26 heavy (non-hydrogen) atoms. The molecule has 0 aliphatic carbocycles. The Kier molecular flexibility index (Phi) is 10.9. The van der Waals surface area contributed by atoms with E-state index in [0.29, 0.717) is 13.2 Å². The zero-order valence-corrected chi connectivity index (χ0v) is 18.1. The molecule has 0 bridgehead atoms. The van der Waals surface area contributed by atoms with Crippen LogP contribution < -0.4 is 15.4 Å². The first kappa shape index (κ1) is 23.0. The Labute approximate surface area is 173 Å². The molecular formula is C19H32IN3O3. The summed E-state index contributed by atoms with van der Waals surface area (Å²) >= 11 is 0. The number of hydrogen-bond acceptors (Lipinski definition) is 4. The Hall–Kier alpha value is -1.06. The van der Waals surface area contributed by atoms with Crippen LogP contribution in [0.2, 0.25) is 0 Å². The van der Waals surface area contributed by atoms with Crippen LogP contribution in [-0.4, -0.2) is 57.6 Å². The van der Waals surface area contributed by atoms with Crippen molar-refractivity contribution < 1.29 is 14.6 Å². The van der Waals surface area contributed by atoms with Crippen LogP contribution in [0.1, 0.15) is 25.3 Å². The fraction of sp³-hybridized carbons (Fsp3) is 0.632. The Morgan fingerprint density at radius 3 is 2.88 bits per heavy atom. The summed E-state index contributed by atoms with van der Waals surface area (Å²) in [7, 11) is 1.77. The van der Waals surface area contributed by atoms with Gasteiger partial charge in [-0.05, 0) is 43.9 Å². The second-order valence-electron chi connectivity index (χ2n) is 6.46. The predicted octanol–water partition coefficient (Wildman–Crippen LogP) is 2.20. The molecule has 0 radical (unpaired) electrons. The number of benzene rings is 1. The molecule has 6 nitrogen and oxygen atoms in total. The topological polar surface area (TPSA) is 75.1 Å². The Balaban J connectivity index is 0.00000338. The number of hydrogen-bond donors (Lipinski definition) is 3. The quantitative estimate of drug-likeness (QED) is 0.289. The molecule has 7 heteroatoms. The highest BCUT2D eigenvalue weighted by atomic mass is 127. The lowest BCUT2D eigenvalue weighted by Crippen LogP contribution is -2.45. The third kappa shape index (κ3) is 7.28. The number of ether oxygens (including phenoxy) is 2. The molecule has 1 aromatic carbocycles. The number of aliphatic imine (C=N–C) groups is 1. The van der Waals surface area contributed by atoms with Crippen molar-refractivity contribution in [3.05, 3.63) is 29.8 Å². The van der Waals surface area contributed by atoms with E-state index in [9.17, 15) is 5.11 Å². The molecule has 148 valence electrons. The van der Waals surface area contributed by atoms with E-state index in [1.807, 2.05) is 19.1 Å². The number of nitrogens with one attached hydrogen (secondary N) is 2. The summed E-state index contributed by atoms with van der Waals surface area (Å²) in [6.45, 7) is 5.87. The molecule has 1 saturated heterocycles. The first-order valence-corrected chi connectivity index (χ1v) is 9.06. The highest BCUT2D eigenvalue weighted by molar-refractivity contribution is 14.0. The molecule has 1 heterocycles. The van der Waals surface area contributed by atoms with E-state index in [4.69, 9.17) is 9.47 Å². The maximum Gasteiger partial charge on any atom is 0.191 e. The van der Waals surface area contributed by atoms with Crippen LogP contribution in [0.25, 0.3) is 0 Å². The van der Waals surface area contributed by atoms with Gasteiger partial charge in [-0.3, -0.25) is 4.99 Å². The number of aliphatic hydroxyl groups excluding tert-OH is 1. The van der Waals surface area contributed by atoms with Crippen LogP contribution in [0.3, 0.4) is 0 Å². The van der Waals surface area contributed by atoms with Gasteiger partial charge in [0.2, 0.25) is 0 Å². The van der Waals surface area contributed by atoms with Crippen LogP contribution in [0.15, 0.2) is 29.3 Å². The van der Waals surface area contributed by atoms with E-state index in [2.05, 4.69) is 27.8 Å². The predicted molar refractivity (Wildman–Crippen MR) is 116 cm³/mol. The molecular weight excluding hydrogens is 445 g/mol. The molecule has 0 aromatic heterocycles. The zero-order chi connectivity index (χ0) is 18.0. The number of guanidine groups is 1. The number of halogens is 1. The van der Waals surface area contributed by atoms with Gasteiger partial charge >= 0.3 is 0 Å². The van der Waals surface area contributed by atoms with Crippen molar-refractivity contribution in [3.63, 3.8) is 0 Å². The van der Waals surface area contributed by atoms with Gasteiger partial charge in [0.05, 0.1) is 13.2 Å². The summed E-state index contributed by atoms with van der Waals surface area (Å²) in [5.41, 5.74) is 1.24. The standard InChI is InChI=1S/C19H31N3O3.HI/c1-3-25-17-6-4-5-16(13-17)7-10-21-18(20-2)22-14-19(8-11-23)9-12-24-15-19;/h4-6,13,23H,3,7-12,14-15H2,1-2H3,(H2,20,21,22);1H. The van der Waals surface area contributed by atoms with Crippen molar-refractivity contribution in [2.75, 3.05) is 46.6 Å². The molecule has 1 unspecified atom stereocenters. The lowest BCUT2D eigenvalue weighted by Gasteiger charge is -2.27. The summed E-state index contributed by atoms with van der Waals surface area (Å²) in [5.74, 6) is 1.69. The minimum absolute atomic E-state index is 0. The third-order valence-electron chi connectivity index (χ3n) is 4.60. The van der Waals surface area contributed by atoms with Crippen molar-refractivity contribution in [3.8, 4) is 5.75 Å². The summed E-state index contributed by atoms with van der Waals surface area (Å²) in [5, 5.41) is 16.0. The lowest BCUT2D eigenvalue weighted by atomic mass is 9.84. The number of nitrogens with zero attached hydrogens (tertiary/aromatic N) is 1. The van der Waals surface area contributed by atoms with Crippen LogP contribution in [-0.2, 0) is 11.2 Å². The second-order valence-corrected chi connectivity index (χ2v) is 6.46. The number of aliphatic hydroxyl groups is 1. The van der Waals surface area contributed by atoms with Crippen LogP contribution in [0, 0.1) is 5.41 Å². The van der Waals surface area contributed by atoms with Crippen LogP contribution >= 0.6 is 24.0 Å². The third-order valence-corrected chi connectivity index (χ3v) is 4.60. The maximum absolute atomic E-state index is 9.30. The smallest absolute Gasteiger partial charge is 0.191 e. The monoisotopic (exact) mass is 477 g/mol. The van der Waals surface area contributed by atoms with Crippen molar-refractivity contribution in [2.45, 2.75) is 26.2 Å². The van der Waals surface area contributed by atoms with E-state index in [1.165, 1.54) is 5.56 Å². The van der Waals surface area contributed by atoms with E-state index < -0.39 is 0 Å². The first-order chi connectivity index (χ1) is 12.2. The van der Waals surface area contributed by atoms with Crippen LogP contribution in [0.4, 0.5) is 0 Å². The molecule has 3 N–H and O–H groups in total. The van der Waals surface area contributed by atoms with Gasteiger partial charge in [0.15, 0.2) is 5.96 Å². The molecule has 1 aliphatic rings. The first-order valence-electron chi connectivity index (χ1n) is 9.06. The van der Waals surface area contributed by atoms with E-state index >= 15 is 0 Å². The van der Waals surface area contributed by atoms with Gasteiger partial charge in [-0.15, -0.1) is 24.0 Å². The van der Waals surface area contributed by atoms with Crippen LogP contribution in [0.5, 0.6) is 5.75 Å². The van der Waals surface area contributed by atoms with Crippen molar-refractivity contribution in [2.24, 2.45) is 10.4 Å². The molecule has 0 spiro atoms. The summed E-state index contributed by atoms with van der Waals surface area (Å²) < 4.78 is 11.1. The van der Waals surface area contributed by atoms with Gasteiger partial charge in [0.1, 0.15) is 5.75 Å². The van der Waals surface area contributed by atoms with Crippen molar-refractivity contribution >= 4 is 29.9 Å². The van der Waals surface area contributed by atoms with Gasteiger partial charge in [-0.25, -0.2) is 0 Å².